The quantitative estimate of drug-likeness (QED) is 0.827. The summed E-state index contributed by atoms with van der Waals surface area (Å²) in [6, 6.07) is 0. The number of allylic oxidation sites excluding steroid dienone is 1. The molecule has 106 valence electrons. The molecule has 1 aliphatic rings. The van der Waals surface area contributed by atoms with Gasteiger partial charge in [0.05, 0.1) is 5.75 Å². The van der Waals surface area contributed by atoms with E-state index >= 15 is 0 Å². The fraction of sp³-hybridized carbons (Fsp3) is 0.833. The highest BCUT2D eigenvalue weighted by Crippen LogP contribution is 2.32. The molecule has 0 spiro atoms. The molecule has 3 N–H and O–H groups in total. The van der Waals surface area contributed by atoms with Crippen LogP contribution in [0.5, 0.6) is 0 Å². The van der Waals surface area contributed by atoms with Crippen LogP contribution in [0.2, 0.25) is 0 Å². The molecule has 1 rings (SSSR count). The Morgan fingerprint density at radius 3 is 2.78 bits per heavy atom. The number of nitrogens with one attached hydrogen (secondary N) is 1. The second kappa shape index (κ2) is 6.41. The van der Waals surface area contributed by atoms with Gasteiger partial charge in [-0.2, -0.15) is 0 Å². The largest absolute Gasteiger partial charge is 0.323 e. The topological polar surface area (TPSA) is 72.2 Å². The lowest BCUT2D eigenvalue weighted by Gasteiger charge is -2.34. The van der Waals surface area contributed by atoms with E-state index in [4.69, 9.17) is 5.73 Å². The van der Waals surface area contributed by atoms with Crippen molar-refractivity contribution in [2.45, 2.75) is 43.9 Å². The molecule has 0 saturated heterocycles. The maximum absolute atomic E-state index is 11.7. The summed E-state index contributed by atoms with van der Waals surface area (Å²) < 4.78 is 25.7. The molecule has 0 amide bonds. The lowest BCUT2D eigenvalue weighted by Crippen LogP contribution is -2.53. The van der Waals surface area contributed by atoms with Crippen molar-refractivity contribution < 1.29 is 8.42 Å². The normalized spacial score (nSPS) is 29.3. The van der Waals surface area contributed by atoms with Gasteiger partial charge in [-0.3, -0.25) is 0 Å². The number of sulfonamides is 1. The smallest absolute Gasteiger partial charge is 0.213 e. The predicted octanol–water partition coefficient (Wildman–Crippen LogP) is 1.69. The first-order valence-corrected chi connectivity index (χ1v) is 8.87. The van der Waals surface area contributed by atoms with Gasteiger partial charge in [-0.1, -0.05) is 13.0 Å². The van der Waals surface area contributed by atoms with Crippen molar-refractivity contribution >= 4 is 21.8 Å². The molecule has 4 nitrogen and oxygen atoms in total. The molecular formula is C12H24N2O2S2. The Morgan fingerprint density at radius 1 is 1.50 bits per heavy atom. The third-order valence-corrected chi connectivity index (χ3v) is 6.42. The standard InChI is InChI=1S/C12H24N2O2S2/c1-10-5-4-8-17-11(7-6-10)12(2,13)9-18(15,16)14-3/h4,8,10-11,14H,5-7,9,13H2,1-3H3. The lowest BCUT2D eigenvalue weighted by molar-refractivity contribution is 0.423. The van der Waals surface area contributed by atoms with E-state index in [9.17, 15) is 8.42 Å². The summed E-state index contributed by atoms with van der Waals surface area (Å²) in [5.41, 5.74) is 5.53. The summed E-state index contributed by atoms with van der Waals surface area (Å²) in [5.74, 6) is 0.609. The van der Waals surface area contributed by atoms with Gasteiger partial charge in [0.25, 0.3) is 0 Å². The molecule has 18 heavy (non-hydrogen) atoms. The van der Waals surface area contributed by atoms with E-state index in [1.165, 1.54) is 7.05 Å². The minimum Gasteiger partial charge on any atom is -0.323 e. The lowest BCUT2D eigenvalue weighted by atomic mass is 9.93. The van der Waals surface area contributed by atoms with Gasteiger partial charge in [0.1, 0.15) is 0 Å². The van der Waals surface area contributed by atoms with Gasteiger partial charge < -0.3 is 5.73 Å². The van der Waals surface area contributed by atoms with Crippen molar-refractivity contribution in [3.05, 3.63) is 11.5 Å². The van der Waals surface area contributed by atoms with Crippen molar-refractivity contribution in [1.82, 2.24) is 4.72 Å². The van der Waals surface area contributed by atoms with E-state index in [1.807, 2.05) is 6.92 Å². The SMILES string of the molecule is CNS(=O)(=O)CC(C)(N)C1CCC(C)CC=CS1. The second-order valence-electron chi connectivity index (χ2n) is 5.38. The fourth-order valence-corrected chi connectivity index (χ4v) is 4.47. The predicted molar refractivity (Wildman–Crippen MR) is 79.0 cm³/mol. The van der Waals surface area contributed by atoms with Gasteiger partial charge in [-0.05, 0) is 44.6 Å². The first kappa shape index (κ1) is 16.0. The van der Waals surface area contributed by atoms with Crippen molar-refractivity contribution in [1.29, 1.82) is 0 Å². The molecule has 0 aromatic carbocycles. The number of nitrogens with two attached hydrogens (primary N) is 1. The van der Waals surface area contributed by atoms with Crippen molar-refractivity contribution in [3.8, 4) is 0 Å². The highest BCUT2D eigenvalue weighted by Gasteiger charge is 2.34. The molecule has 1 aliphatic heterocycles. The summed E-state index contributed by atoms with van der Waals surface area (Å²) in [6.45, 7) is 4.05. The Hall–Kier alpha value is -0.0400. The number of hydrogen-bond donors (Lipinski definition) is 2. The summed E-state index contributed by atoms with van der Waals surface area (Å²) in [7, 11) is -1.84. The molecule has 3 unspecified atom stereocenters. The molecule has 0 bridgehead atoms. The minimum atomic E-state index is -3.27. The zero-order chi connectivity index (χ0) is 13.8. The van der Waals surface area contributed by atoms with E-state index in [0.29, 0.717) is 5.92 Å². The molecule has 0 radical (unpaired) electrons. The van der Waals surface area contributed by atoms with E-state index < -0.39 is 15.6 Å². The van der Waals surface area contributed by atoms with Crippen LogP contribution in [0.1, 0.15) is 33.1 Å². The highest BCUT2D eigenvalue weighted by molar-refractivity contribution is 8.02. The van der Waals surface area contributed by atoms with E-state index in [2.05, 4.69) is 23.1 Å². The van der Waals surface area contributed by atoms with Crippen molar-refractivity contribution in [3.63, 3.8) is 0 Å². The van der Waals surface area contributed by atoms with Gasteiger partial charge in [0.2, 0.25) is 10.0 Å². The molecule has 6 heteroatoms. The first-order valence-electron chi connectivity index (χ1n) is 6.27. The van der Waals surface area contributed by atoms with Crippen LogP contribution in [0.4, 0.5) is 0 Å². The number of rotatable bonds is 4. The Bertz CT molecular complexity index is 391. The van der Waals surface area contributed by atoms with Gasteiger partial charge in [0.15, 0.2) is 0 Å². The Balaban J connectivity index is 2.76. The van der Waals surface area contributed by atoms with Crippen LogP contribution >= 0.6 is 11.8 Å². The first-order chi connectivity index (χ1) is 8.27. The average molecular weight is 292 g/mol. The second-order valence-corrected chi connectivity index (χ2v) is 8.42. The Labute approximate surface area is 115 Å². The maximum Gasteiger partial charge on any atom is 0.213 e. The van der Waals surface area contributed by atoms with Gasteiger partial charge in [-0.25, -0.2) is 13.1 Å². The molecule has 0 aliphatic carbocycles. The van der Waals surface area contributed by atoms with Crippen LogP contribution in [0.25, 0.3) is 0 Å². The molecular weight excluding hydrogens is 268 g/mol. The average Bonchev–Trinajstić information content (AvgIpc) is 2.22. The maximum atomic E-state index is 11.7. The van der Waals surface area contributed by atoms with Gasteiger partial charge in [0, 0.05) is 10.8 Å². The van der Waals surface area contributed by atoms with Crippen LogP contribution in [0, 0.1) is 5.92 Å². The van der Waals surface area contributed by atoms with Crippen LogP contribution in [-0.2, 0) is 10.0 Å². The van der Waals surface area contributed by atoms with E-state index in [0.717, 1.165) is 19.3 Å². The molecule has 0 aromatic rings. The summed E-state index contributed by atoms with van der Waals surface area (Å²) in [6.07, 6.45) is 5.30. The van der Waals surface area contributed by atoms with Crippen molar-refractivity contribution in [2.75, 3.05) is 12.8 Å². The van der Waals surface area contributed by atoms with Gasteiger partial charge >= 0.3 is 0 Å². The summed E-state index contributed by atoms with van der Waals surface area (Å²) in [4.78, 5) is 0. The van der Waals surface area contributed by atoms with Crippen LogP contribution in [0.3, 0.4) is 0 Å². The molecule has 0 saturated carbocycles. The molecule has 3 atom stereocenters. The molecule has 0 aromatic heterocycles. The summed E-state index contributed by atoms with van der Waals surface area (Å²) in [5, 5.41) is 2.21. The monoisotopic (exact) mass is 292 g/mol. The number of thioether (sulfide) groups is 1. The zero-order valence-corrected chi connectivity index (χ0v) is 13.0. The molecule has 0 fully saturated rings. The Morgan fingerprint density at radius 2 is 2.17 bits per heavy atom. The molecule has 1 heterocycles. The van der Waals surface area contributed by atoms with E-state index in [1.54, 1.807) is 11.8 Å². The minimum absolute atomic E-state index is 0.0314. The highest BCUT2D eigenvalue weighted by atomic mass is 32.2. The number of hydrogen-bond acceptors (Lipinski definition) is 4. The van der Waals surface area contributed by atoms with Crippen molar-refractivity contribution in [2.24, 2.45) is 11.7 Å². The van der Waals surface area contributed by atoms with Crippen LogP contribution in [-0.4, -0.2) is 32.0 Å². The third kappa shape index (κ3) is 4.91. The van der Waals surface area contributed by atoms with Crippen LogP contribution < -0.4 is 10.5 Å². The fourth-order valence-electron chi connectivity index (χ4n) is 2.12. The van der Waals surface area contributed by atoms with Gasteiger partial charge in [-0.15, -0.1) is 11.8 Å². The Kier molecular flexibility index (Phi) is 5.70. The third-order valence-electron chi connectivity index (χ3n) is 3.35. The van der Waals surface area contributed by atoms with E-state index in [-0.39, 0.29) is 11.0 Å². The van der Waals surface area contributed by atoms with Crippen LogP contribution in [0.15, 0.2) is 11.5 Å². The zero-order valence-electron chi connectivity index (χ0n) is 11.3. The summed E-state index contributed by atoms with van der Waals surface area (Å²) >= 11 is 1.66.